The summed E-state index contributed by atoms with van der Waals surface area (Å²) >= 11 is 0. The lowest BCUT2D eigenvalue weighted by Gasteiger charge is -2.29. The Labute approximate surface area is 158 Å². The topological polar surface area (TPSA) is 52.9 Å². The normalized spacial score (nSPS) is 19.4. The summed E-state index contributed by atoms with van der Waals surface area (Å²) in [5, 5.41) is 14.7. The van der Waals surface area contributed by atoms with E-state index in [1.165, 1.54) is 6.08 Å². The van der Waals surface area contributed by atoms with Crippen LogP contribution < -0.4 is 5.01 Å². The zero-order valence-electron chi connectivity index (χ0n) is 14.6. The second kappa shape index (κ2) is 7.10. The number of carbonyl (C=O) groups is 1. The first kappa shape index (κ1) is 19.6. The molecule has 146 valence electrons. The maximum absolute atomic E-state index is 14.3. The first-order valence-corrected chi connectivity index (χ1v) is 8.32. The molecule has 0 fully saturated rings. The van der Waals surface area contributed by atoms with Gasteiger partial charge in [0.2, 0.25) is 0 Å². The van der Waals surface area contributed by atoms with Crippen LogP contribution in [0.15, 0.2) is 66.3 Å². The molecule has 0 aromatic heterocycles. The van der Waals surface area contributed by atoms with Crippen LogP contribution in [0.1, 0.15) is 17.5 Å². The minimum absolute atomic E-state index is 0.136. The summed E-state index contributed by atoms with van der Waals surface area (Å²) < 4.78 is 53.5. The summed E-state index contributed by atoms with van der Waals surface area (Å²) in [4.78, 5) is 11.9. The van der Waals surface area contributed by atoms with Gasteiger partial charge in [-0.15, -0.1) is 6.58 Å². The van der Waals surface area contributed by atoms with E-state index in [4.69, 9.17) is 0 Å². The predicted octanol–water partition coefficient (Wildman–Crippen LogP) is 4.62. The van der Waals surface area contributed by atoms with Crippen molar-refractivity contribution < 1.29 is 27.5 Å². The highest BCUT2D eigenvalue weighted by atomic mass is 19.4. The zero-order chi connectivity index (χ0) is 20.5. The number of hydrazone groups is 1. The van der Waals surface area contributed by atoms with Crippen LogP contribution in [0.4, 0.5) is 23.2 Å². The number of carboxylic acids is 1. The first-order valence-electron chi connectivity index (χ1n) is 8.32. The summed E-state index contributed by atoms with van der Waals surface area (Å²) in [5.41, 5.74) is -2.33. The Bertz CT molecular complexity index is 941. The largest absolute Gasteiger partial charge is 0.477 e. The molecule has 4 nitrogen and oxygen atoms in total. The number of allylic oxidation sites excluding steroid dienone is 1. The highest BCUT2D eigenvalue weighted by molar-refractivity contribution is 6.40. The van der Waals surface area contributed by atoms with Crippen molar-refractivity contribution in [3.63, 3.8) is 0 Å². The summed E-state index contributed by atoms with van der Waals surface area (Å²) in [6, 6.07) is 10.5. The molecule has 2 aromatic carbocycles. The van der Waals surface area contributed by atoms with Crippen molar-refractivity contribution in [1.29, 1.82) is 0 Å². The Hall–Kier alpha value is -3.16. The van der Waals surface area contributed by atoms with E-state index in [2.05, 4.69) is 11.7 Å². The van der Waals surface area contributed by atoms with E-state index in [0.717, 1.165) is 5.01 Å². The molecule has 0 spiro atoms. The number of anilines is 1. The highest BCUT2D eigenvalue weighted by Crippen LogP contribution is 2.40. The van der Waals surface area contributed by atoms with Gasteiger partial charge in [-0.05, 0) is 30.2 Å². The number of hydrogen-bond donors (Lipinski definition) is 1. The number of hydrogen-bond acceptors (Lipinski definition) is 3. The molecule has 1 N–H and O–H groups in total. The SMILES string of the molecule is C=CCC1(c2ccccc2)CN(c2cc(C(F)(F)F)ccc2F)N=C1C(=O)O. The Morgan fingerprint density at radius 2 is 1.93 bits per heavy atom. The van der Waals surface area contributed by atoms with Gasteiger partial charge in [0, 0.05) is 0 Å². The highest BCUT2D eigenvalue weighted by Gasteiger charge is 2.47. The van der Waals surface area contributed by atoms with Gasteiger partial charge >= 0.3 is 12.1 Å². The molecule has 1 aliphatic rings. The molecular formula is C20H16F4N2O2. The molecule has 2 aromatic rings. The molecule has 0 saturated heterocycles. The van der Waals surface area contributed by atoms with E-state index < -0.39 is 34.6 Å². The fourth-order valence-corrected chi connectivity index (χ4v) is 3.37. The molecule has 0 saturated carbocycles. The molecule has 0 amide bonds. The summed E-state index contributed by atoms with van der Waals surface area (Å²) in [7, 11) is 0. The van der Waals surface area contributed by atoms with Gasteiger partial charge in [-0.2, -0.15) is 18.3 Å². The van der Waals surface area contributed by atoms with Gasteiger partial charge in [0.15, 0.2) is 5.71 Å². The third kappa shape index (κ3) is 3.37. The van der Waals surface area contributed by atoms with Gasteiger partial charge in [0.25, 0.3) is 0 Å². The lowest BCUT2D eigenvalue weighted by Crippen LogP contribution is -2.41. The molecule has 0 bridgehead atoms. The first-order chi connectivity index (χ1) is 13.2. The Balaban J connectivity index is 2.14. The number of alkyl halides is 3. The van der Waals surface area contributed by atoms with Crippen LogP contribution in [0.2, 0.25) is 0 Å². The second-order valence-corrected chi connectivity index (χ2v) is 6.42. The summed E-state index contributed by atoms with van der Waals surface area (Å²) in [6.45, 7) is 3.52. The molecule has 0 aliphatic carbocycles. The van der Waals surface area contributed by atoms with E-state index in [-0.39, 0.29) is 18.7 Å². The van der Waals surface area contributed by atoms with Crippen molar-refractivity contribution >= 4 is 17.4 Å². The van der Waals surface area contributed by atoms with Crippen LogP contribution in [-0.4, -0.2) is 23.3 Å². The van der Waals surface area contributed by atoms with Crippen LogP contribution in [0.5, 0.6) is 0 Å². The second-order valence-electron chi connectivity index (χ2n) is 6.42. The Kier molecular flexibility index (Phi) is 4.97. The minimum Gasteiger partial charge on any atom is -0.477 e. The van der Waals surface area contributed by atoms with Crippen molar-refractivity contribution in [3.8, 4) is 0 Å². The van der Waals surface area contributed by atoms with Gasteiger partial charge in [0.1, 0.15) is 5.82 Å². The van der Waals surface area contributed by atoms with E-state index in [0.29, 0.717) is 23.8 Å². The Morgan fingerprint density at radius 3 is 2.50 bits per heavy atom. The average molecular weight is 392 g/mol. The van der Waals surface area contributed by atoms with Gasteiger partial charge in [-0.3, -0.25) is 5.01 Å². The van der Waals surface area contributed by atoms with Gasteiger partial charge in [-0.1, -0.05) is 36.4 Å². The third-order valence-electron chi connectivity index (χ3n) is 4.67. The van der Waals surface area contributed by atoms with Crippen LogP contribution in [-0.2, 0) is 16.4 Å². The number of rotatable bonds is 5. The molecule has 8 heteroatoms. The molecular weight excluding hydrogens is 376 g/mol. The van der Waals surface area contributed by atoms with Crippen LogP contribution in [0, 0.1) is 5.82 Å². The number of nitrogens with zero attached hydrogens (tertiary/aromatic N) is 2. The summed E-state index contributed by atoms with van der Waals surface area (Å²) in [6.07, 6.45) is -2.99. The van der Waals surface area contributed by atoms with Crippen molar-refractivity contribution in [2.75, 3.05) is 11.6 Å². The van der Waals surface area contributed by atoms with Gasteiger partial charge in [0.05, 0.1) is 23.2 Å². The van der Waals surface area contributed by atoms with E-state index in [1.807, 2.05) is 0 Å². The third-order valence-corrected chi connectivity index (χ3v) is 4.67. The van der Waals surface area contributed by atoms with Crippen LogP contribution >= 0.6 is 0 Å². The maximum atomic E-state index is 14.3. The lowest BCUT2D eigenvalue weighted by atomic mass is 9.74. The predicted molar refractivity (Wildman–Crippen MR) is 96.8 cm³/mol. The maximum Gasteiger partial charge on any atom is 0.416 e. The van der Waals surface area contributed by atoms with Crippen LogP contribution in [0.3, 0.4) is 0 Å². The fraction of sp³-hybridized carbons (Fsp3) is 0.200. The fourth-order valence-electron chi connectivity index (χ4n) is 3.37. The quantitative estimate of drug-likeness (QED) is 0.597. The molecule has 1 atom stereocenters. The molecule has 1 aliphatic heterocycles. The molecule has 1 unspecified atom stereocenters. The molecule has 28 heavy (non-hydrogen) atoms. The summed E-state index contributed by atoms with van der Waals surface area (Å²) in [5.74, 6) is -2.26. The van der Waals surface area contributed by atoms with Crippen molar-refractivity contribution in [3.05, 3.63) is 78.1 Å². The number of carboxylic acid groups (broad SMARTS) is 1. The molecule has 3 rings (SSSR count). The molecule has 1 heterocycles. The van der Waals surface area contributed by atoms with E-state index in [1.54, 1.807) is 30.3 Å². The van der Waals surface area contributed by atoms with Crippen LogP contribution in [0.25, 0.3) is 0 Å². The van der Waals surface area contributed by atoms with Crippen molar-refractivity contribution in [2.45, 2.75) is 18.0 Å². The number of halogens is 4. The van der Waals surface area contributed by atoms with E-state index >= 15 is 0 Å². The number of aliphatic carboxylic acids is 1. The Morgan fingerprint density at radius 1 is 1.25 bits per heavy atom. The standard InChI is InChI=1S/C20H16F4N2O2/c1-2-10-19(13-6-4-3-5-7-13)12-26(25-17(19)18(27)28)16-11-14(20(22,23)24)8-9-15(16)21/h2-9,11H,1,10,12H2,(H,27,28). The molecule has 0 radical (unpaired) electrons. The monoisotopic (exact) mass is 392 g/mol. The van der Waals surface area contributed by atoms with Crippen molar-refractivity contribution in [1.82, 2.24) is 0 Å². The smallest absolute Gasteiger partial charge is 0.416 e. The lowest BCUT2D eigenvalue weighted by molar-refractivity contribution is -0.137. The number of benzene rings is 2. The van der Waals surface area contributed by atoms with Gasteiger partial charge < -0.3 is 5.11 Å². The van der Waals surface area contributed by atoms with Gasteiger partial charge in [-0.25, -0.2) is 9.18 Å². The zero-order valence-corrected chi connectivity index (χ0v) is 14.6. The van der Waals surface area contributed by atoms with Crippen molar-refractivity contribution in [2.24, 2.45) is 5.10 Å². The minimum atomic E-state index is -4.67. The van der Waals surface area contributed by atoms with E-state index in [9.17, 15) is 27.5 Å². The average Bonchev–Trinajstić information content (AvgIpc) is 3.03.